The summed E-state index contributed by atoms with van der Waals surface area (Å²) in [6.07, 6.45) is -0.876. The molecule has 0 fully saturated rings. The van der Waals surface area contributed by atoms with E-state index in [1.54, 1.807) is 6.92 Å². The van der Waals surface area contributed by atoms with Gasteiger partial charge in [0, 0.05) is 18.2 Å². The van der Waals surface area contributed by atoms with E-state index in [1.807, 2.05) is 0 Å². The quantitative estimate of drug-likeness (QED) is 0.839. The lowest BCUT2D eigenvalue weighted by atomic mass is 10.2. The number of carboxylic acids is 1. The molecule has 0 saturated carbocycles. The Morgan fingerprint density at radius 2 is 1.93 bits per heavy atom. The maximum atomic E-state index is 12.7. The maximum absolute atomic E-state index is 12.7. The molecule has 0 spiro atoms. The third kappa shape index (κ3) is 3.19. The van der Waals surface area contributed by atoms with Gasteiger partial charge in [-0.1, -0.05) is 6.92 Å². The Bertz CT molecular complexity index is 345. The third-order valence-corrected chi connectivity index (χ3v) is 1.76. The predicted molar refractivity (Wildman–Crippen MR) is 48.7 cm³/mol. The molecule has 0 radical (unpaired) electrons. The summed E-state index contributed by atoms with van der Waals surface area (Å²) in [5.41, 5.74) is 0. The summed E-state index contributed by atoms with van der Waals surface area (Å²) in [6.45, 7) is 1.61. The molecule has 1 rings (SSSR count). The molecule has 0 heterocycles. The number of benzene rings is 1. The summed E-state index contributed by atoms with van der Waals surface area (Å²) in [4.78, 5) is 10.6. The van der Waals surface area contributed by atoms with E-state index in [-0.39, 0.29) is 12.2 Å². The van der Waals surface area contributed by atoms with Gasteiger partial charge in [-0.25, -0.2) is 13.6 Å². The number of halogens is 2. The lowest BCUT2D eigenvalue weighted by molar-refractivity contribution is -0.145. The van der Waals surface area contributed by atoms with E-state index in [0.29, 0.717) is 6.07 Å². The standard InChI is InChI=1S/C10H10F2O3/c1-2-9(10(13)14)15-8-4-6(11)3-7(12)5-8/h3-5,9H,2H2,1H3,(H,13,14). The van der Waals surface area contributed by atoms with Crippen molar-refractivity contribution >= 4 is 5.97 Å². The zero-order valence-electron chi connectivity index (χ0n) is 8.04. The van der Waals surface area contributed by atoms with E-state index < -0.39 is 23.7 Å². The van der Waals surface area contributed by atoms with Gasteiger partial charge in [-0.3, -0.25) is 0 Å². The number of carboxylic acid groups (broad SMARTS) is 1. The summed E-state index contributed by atoms with van der Waals surface area (Å²) in [7, 11) is 0. The second-order valence-corrected chi connectivity index (χ2v) is 2.96. The van der Waals surface area contributed by atoms with Gasteiger partial charge in [-0.05, 0) is 6.42 Å². The van der Waals surface area contributed by atoms with E-state index in [2.05, 4.69) is 0 Å². The summed E-state index contributed by atoms with van der Waals surface area (Å²) in [5.74, 6) is -2.89. The summed E-state index contributed by atoms with van der Waals surface area (Å²) in [6, 6.07) is 2.57. The Hall–Kier alpha value is -1.65. The third-order valence-electron chi connectivity index (χ3n) is 1.76. The minimum atomic E-state index is -1.16. The molecule has 0 aliphatic heterocycles. The molecular formula is C10H10F2O3. The highest BCUT2D eigenvalue weighted by molar-refractivity contribution is 5.72. The number of aliphatic carboxylic acids is 1. The van der Waals surface area contributed by atoms with Gasteiger partial charge >= 0.3 is 5.97 Å². The molecule has 0 bridgehead atoms. The Morgan fingerprint density at radius 1 is 1.40 bits per heavy atom. The van der Waals surface area contributed by atoms with Gasteiger partial charge in [0.1, 0.15) is 17.4 Å². The van der Waals surface area contributed by atoms with Crippen LogP contribution in [0.2, 0.25) is 0 Å². The van der Waals surface area contributed by atoms with Crippen molar-refractivity contribution in [2.45, 2.75) is 19.4 Å². The highest BCUT2D eigenvalue weighted by Gasteiger charge is 2.17. The molecule has 0 aliphatic carbocycles. The molecule has 0 aromatic heterocycles. The van der Waals surface area contributed by atoms with Crippen LogP contribution in [0.15, 0.2) is 18.2 Å². The Kier molecular flexibility index (Phi) is 3.60. The average Bonchev–Trinajstić information content (AvgIpc) is 2.12. The number of carbonyl (C=O) groups is 1. The Labute approximate surface area is 85.3 Å². The molecule has 82 valence electrons. The van der Waals surface area contributed by atoms with Crippen LogP contribution < -0.4 is 4.74 Å². The van der Waals surface area contributed by atoms with Crippen molar-refractivity contribution in [1.82, 2.24) is 0 Å². The number of rotatable bonds is 4. The molecule has 3 nitrogen and oxygen atoms in total. The first kappa shape index (κ1) is 11.4. The van der Waals surface area contributed by atoms with Crippen LogP contribution in [-0.4, -0.2) is 17.2 Å². The van der Waals surface area contributed by atoms with E-state index >= 15 is 0 Å². The molecular weight excluding hydrogens is 206 g/mol. The van der Waals surface area contributed by atoms with Crippen molar-refractivity contribution in [2.24, 2.45) is 0 Å². The molecule has 1 aromatic rings. The van der Waals surface area contributed by atoms with Crippen molar-refractivity contribution in [3.05, 3.63) is 29.8 Å². The molecule has 15 heavy (non-hydrogen) atoms. The Balaban J connectivity index is 2.83. The van der Waals surface area contributed by atoms with E-state index in [1.165, 1.54) is 0 Å². The Morgan fingerprint density at radius 3 is 2.33 bits per heavy atom. The predicted octanol–water partition coefficient (Wildman–Crippen LogP) is 2.21. The molecule has 1 aromatic carbocycles. The van der Waals surface area contributed by atoms with Crippen molar-refractivity contribution in [1.29, 1.82) is 0 Å². The summed E-state index contributed by atoms with van der Waals surface area (Å²) >= 11 is 0. The first-order chi connectivity index (χ1) is 7.02. The normalized spacial score (nSPS) is 12.2. The SMILES string of the molecule is CCC(Oc1cc(F)cc(F)c1)C(=O)O. The summed E-state index contributed by atoms with van der Waals surface area (Å²) < 4.78 is 30.3. The van der Waals surface area contributed by atoms with Gasteiger partial charge < -0.3 is 9.84 Å². The fourth-order valence-corrected chi connectivity index (χ4v) is 1.07. The molecule has 1 unspecified atom stereocenters. The van der Waals surface area contributed by atoms with Gasteiger partial charge in [0.15, 0.2) is 6.10 Å². The monoisotopic (exact) mass is 216 g/mol. The minimum Gasteiger partial charge on any atom is -0.479 e. The van der Waals surface area contributed by atoms with Crippen LogP contribution in [-0.2, 0) is 4.79 Å². The lowest BCUT2D eigenvalue weighted by Crippen LogP contribution is -2.25. The van der Waals surface area contributed by atoms with Gasteiger partial charge in [0.25, 0.3) is 0 Å². The van der Waals surface area contributed by atoms with Crippen LogP contribution in [0, 0.1) is 11.6 Å². The lowest BCUT2D eigenvalue weighted by Gasteiger charge is -2.12. The largest absolute Gasteiger partial charge is 0.479 e. The van der Waals surface area contributed by atoms with Crippen LogP contribution >= 0.6 is 0 Å². The molecule has 0 aliphatic rings. The van der Waals surface area contributed by atoms with Gasteiger partial charge in [0.05, 0.1) is 0 Å². The van der Waals surface area contributed by atoms with Gasteiger partial charge in [-0.2, -0.15) is 0 Å². The fourth-order valence-electron chi connectivity index (χ4n) is 1.07. The average molecular weight is 216 g/mol. The van der Waals surface area contributed by atoms with Gasteiger partial charge in [0.2, 0.25) is 0 Å². The van der Waals surface area contributed by atoms with Gasteiger partial charge in [-0.15, -0.1) is 0 Å². The molecule has 1 N–H and O–H groups in total. The number of ether oxygens (including phenoxy) is 1. The van der Waals surface area contributed by atoms with Crippen molar-refractivity contribution in [2.75, 3.05) is 0 Å². The number of hydrogen-bond acceptors (Lipinski definition) is 2. The van der Waals surface area contributed by atoms with Crippen molar-refractivity contribution in [3.8, 4) is 5.75 Å². The van der Waals surface area contributed by atoms with Crippen LogP contribution in [0.25, 0.3) is 0 Å². The van der Waals surface area contributed by atoms with Crippen molar-refractivity contribution < 1.29 is 23.4 Å². The van der Waals surface area contributed by atoms with Crippen LogP contribution in [0.1, 0.15) is 13.3 Å². The fraction of sp³-hybridized carbons (Fsp3) is 0.300. The zero-order chi connectivity index (χ0) is 11.4. The second kappa shape index (κ2) is 4.72. The first-order valence-electron chi connectivity index (χ1n) is 4.38. The maximum Gasteiger partial charge on any atom is 0.344 e. The summed E-state index contributed by atoms with van der Waals surface area (Å²) in [5, 5.41) is 8.66. The van der Waals surface area contributed by atoms with Crippen LogP contribution in [0.5, 0.6) is 5.75 Å². The zero-order valence-corrected chi connectivity index (χ0v) is 8.04. The van der Waals surface area contributed by atoms with Crippen LogP contribution in [0.3, 0.4) is 0 Å². The molecule has 1 atom stereocenters. The second-order valence-electron chi connectivity index (χ2n) is 2.96. The first-order valence-corrected chi connectivity index (χ1v) is 4.38. The smallest absolute Gasteiger partial charge is 0.344 e. The minimum absolute atomic E-state index is 0.123. The van der Waals surface area contributed by atoms with E-state index in [4.69, 9.17) is 9.84 Å². The van der Waals surface area contributed by atoms with E-state index in [9.17, 15) is 13.6 Å². The highest BCUT2D eigenvalue weighted by Crippen LogP contribution is 2.17. The topological polar surface area (TPSA) is 46.5 Å². The van der Waals surface area contributed by atoms with Crippen LogP contribution in [0.4, 0.5) is 8.78 Å². The van der Waals surface area contributed by atoms with Crippen molar-refractivity contribution in [3.63, 3.8) is 0 Å². The number of hydrogen-bond donors (Lipinski definition) is 1. The highest BCUT2D eigenvalue weighted by atomic mass is 19.1. The molecule has 5 heteroatoms. The van der Waals surface area contributed by atoms with E-state index in [0.717, 1.165) is 12.1 Å². The molecule has 0 saturated heterocycles. The molecule has 0 amide bonds.